The van der Waals surface area contributed by atoms with Crippen LogP contribution in [0.2, 0.25) is 0 Å². The summed E-state index contributed by atoms with van der Waals surface area (Å²) in [6.45, 7) is 4.69. The monoisotopic (exact) mass is 601 g/mol. The molecule has 3 nitrogen and oxygen atoms in total. The van der Waals surface area contributed by atoms with E-state index in [0.29, 0.717) is 5.82 Å². The fourth-order valence-electron chi connectivity index (χ4n) is 7.33. The Morgan fingerprint density at radius 3 is 2.02 bits per heavy atom. The summed E-state index contributed by atoms with van der Waals surface area (Å²) in [7, 11) is 0. The molecule has 2 aromatic heterocycles. The van der Waals surface area contributed by atoms with Crippen molar-refractivity contribution in [2.24, 2.45) is 0 Å². The van der Waals surface area contributed by atoms with Gasteiger partial charge in [-0.1, -0.05) is 129 Å². The first-order chi connectivity index (χ1) is 23.0. The molecule has 47 heavy (non-hydrogen) atoms. The highest BCUT2D eigenvalue weighted by molar-refractivity contribution is 6.13. The highest BCUT2D eigenvalue weighted by Gasteiger charge is 2.35. The summed E-state index contributed by atoms with van der Waals surface area (Å²) >= 11 is 0. The summed E-state index contributed by atoms with van der Waals surface area (Å²) in [5, 5.41) is 4.94. The van der Waals surface area contributed by atoms with Gasteiger partial charge in [0.1, 0.15) is 0 Å². The largest absolute Gasteiger partial charge is 0.264 e. The van der Waals surface area contributed by atoms with Crippen LogP contribution in [0.3, 0.4) is 0 Å². The highest BCUT2D eigenvalue weighted by Crippen LogP contribution is 2.50. The maximum atomic E-state index is 5.18. The predicted molar refractivity (Wildman–Crippen MR) is 194 cm³/mol. The molecule has 1 aliphatic rings. The van der Waals surface area contributed by atoms with Gasteiger partial charge in [0.2, 0.25) is 0 Å². The Kier molecular flexibility index (Phi) is 6.16. The van der Waals surface area contributed by atoms with Crippen molar-refractivity contribution in [3.63, 3.8) is 0 Å². The number of nitrogens with zero attached hydrogens (tertiary/aromatic N) is 3. The molecule has 0 bridgehead atoms. The van der Waals surface area contributed by atoms with Crippen LogP contribution in [0.5, 0.6) is 0 Å². The van der Waals surface area contributed by atoms with Gasteiger partial charge in [0.25, 0.3) is 0 Å². The quantitative estimate of drug-likeness (QED) is 0.188. The maximum absolute atomic E-state index is 5.18. The highest BCUT2D eigenvalue weighted by atomic mass is 14.9. The SMILES string of the molecule is CC1(C)c2ccccc2-c2cc3ccc4c(-c5cc(-c6ccc(-c7cccnc7)cc6)nc(-c6ccccc6)n5)cccc4c3cc21. The molecule has 222 valence electrons. The van der Waals surface area contributed by atoms with Crippen LogP contribution in [0.15, 0.2) is 152 Å². The van der Waals surface area contributed by atoms with E-state index in [1.54, 1.807) is 6.20 Å². The van der Waals surface area contributed by atoms with E-state index >= 15 is 0 Å². The lowest BCUT2D eigenvalue weighted by atomic mass is 9.81. The maximum Gasteiger partial charge on any atom is 0.160 e. The number of hydrogen-bond donors (Lipinski definition) is 0. The fraction of sp³-hybridized carbons (Fsp3) is 0.0682. The number of hydrogen-bond acceptors (Lipinski definition) is 3. The van der Waals surface area contributed by atoms with Crippen LogP contribution in [0.4, 0.5) is 0 Å². The first-order valence-electron chi connectivity index (χ1n) is 16.1. The van der Waals surface area contributed by atoms with Crippen LogP contribution in [0.1, 0.15) is 25.0 Å². The third-order valence-corrected chi connectivity index (χ3v) is 9.79. The Balaban J connectivity index is 1.22. The minimum atomic E-state index is -0.0569. The van der Waals surface area contributed by atoms with E-state index in [-0.39, 0.29) is 5.41 Å². The molecule has 0 aliphatic heterocycles. The lowest BCUT2D eigenvalue weighted by molar-refractivity contribution is 0.661. The van der Waals surface area contributed by atoms with E-state index in [1.165, 1.54) is 43.8 Å². The van der Waals surface area contributed by atoms with Gasteiger partial charge in [-0.2, -0.15) is 0 Å². The molecule has 0 saturated heterocycles. The molecule has 2 heterocycles. The van der Waals surface area contributed by atoms with Crippen molar-refractivity contribution in [2.45, 2.75) is 19.3 Å². The Labute approximate surface area is 274 Å². The molecule has 0 spiro atoms. The van der Waals surface area contributed by atoms with Crippen molar-refractivity contribution >= 4 is 21.5 Å². The number of benzene rings is 6. The molecule has 6 aromatic carbocycles. The smallest absolute Gasteiger partial charge is 0.160 e. The fourth-order valence-corrected chi connectivity index (χ4v) is 7.33. The molecule has 0 amide bonds. The second-order valence-corrected chi connectivity index (χ2v) is 12.9. The number of pyridine rings is 1. The van der Waals surface area contributed by atoms with Crippen LogP contribution in [-0.4, -0.2) is 15.0 Å². The lowest BCUT2D eigenvalue weighted by Gasteiger charge is -2.22. The molecule has 1 aliphatic carbocycles. The van der Waals surface area contributed by atoms with Gasteiger partial charge in [-0.15, -0.1) is 0 Å². The van der Waals surface area contributed by atoms with Crippen LogP contribution < -0.4 is 0 Å². The van der Waals surface area contributed by atoms with E-state index in [9.17, 15) is 0 Å². The molecule has 0 radical (unpaired) electrons. The molecule has 0 N–H and O–H groups in total. The van der Waals surface area contributed by atoms with Crippen LogP contribution in [0.25, 0.3) is 77.7 Å². The van der Waals surface area contributed by atoms with E-state index in [1.807, 2.05) is 30.5 Å². The van der Waals surface area contributed by atoms with Gasteiger partial charge in [-0.05, 0) is 79.2 Å². The van der Waals surface area contributed by atoms with Crippen LogP contribution in [-0.2, 0) is 5.41 Å². The van der Waals surface area contributed by atoms with Gasteiger partial charge in [-0.3, -0.25) is 4.98 Å². The second-order valence-electron chi connectivity index (χ2n) is 12.9. The van der Waals surface area contributed by atoms with Gasteiger partial charge in [0, 0.05) is 34.5 Å². The van der Waals surface area contributed by atoms with Crippen molar-refractivity contribution in [1.82, 2.24) is 15.0 Å². The molecular formula is C44H31N3. The topological polar surface area (TPSA) is 38.7 Å². The minimum absolute atomic E-state index is 0.0569. The summed E-state index contributed by atoms with van der Waals surface area (Å²) < 4.78 is 0. The van der Waals surface area contributed by atoms with Gasteiger partial charge >= 0.3 is 0 Å². The van der Waals surface area contributed by atoms with E-state index in [0.717, 1.165) is 39.2 Å². The number of aromatic nitrogens is 3. The zero-order valence-electron chi connectivity index (χ0n) is 26.3. The predicted octanol–water partition coefficient (Wildman–Crippen LogP) is 11.2. The average molecular weight is 602 g/mol. The summed E-state index contributed by atoms with van der Waals surface area (Å²) in [5.41, 5.74) is 12.6. The van der Waals surface area contributed by atoms with Crippen molar-refractivity contribution in [3.8, 4) is 56.2 Å². The molecule has 0 atom stereocenters. The van der Waals surface area contributed by atoms with Gasteiger partial charge in [0.15, 0.2) is 5.82 Å². The second kappa shape index (κ2) is 10.6. The average Bonchev–Trinajstić information content (AvgIpc) is 3.36. The summed E-state index contributed by atoms with van der Waals surface area (Å²) in [5.74, 6) is 0.713. The minimum Gasteiger partial charge on any atom is -0.264 e. The third-order valence-electron chi connectivity index (χ3n) is 9.79. The van der Waals surface area contributed by atoms with Gasteiger partial charge < -0.3 is 0 Å². The normalized spacial score (nSPS) is 13.1. The number of rotatable bonds is 4. The molecular weight excluding hydrogens is 571 g/mol. The van der Waals surface area contributed by atoms with Crippen molar-refractivity contribution in [1.29, 1.82) is 0 Å². The Hall–Kier alpha value is -5.93. The third kappa shape index (κ3) is 4.46. The van der Waals surface area contributed by atoms with Crippen molar-refractivity contribution in [2.75, 3.05) is 0 Å². The summed E-state index contributed by atoms with van der Waals surface area (Å²) in [6, 6.07) is 49.8. The Bertz CT molecular complexity index is 2460. The van der Waals surface area contributed by atoms with E-state index in [2.05, 4.69) is 134 Å². The zero-order chi connectivity index (χ0) is 31.5. The zero-order valence-corrected chi connectivity index (χ0v) is 26.3. The van der Waals surface area contributed by atoms with Crippen molar-refractivity contribution < 1.29 is 0 Å². The first-order valence-corrected chi connectivity index (χ1v) is 16.1. The van der Waals surface area contributed by atoms with Gasteiger partial charge in [0.05, 0.1) is 11.4 Å². The van der Waals surface area contributed by atoms with Crippen LogP contribution in [0, 0.1) is 0 Å². The molecule has 0 unspecified atom stereocenters. The lowest BCUT2D eigenvalue weighted by Crippen LogP contribution is -2.14. The molecule has 8 aromatic rings. The molecule has 0 fully saturated rings. The molecule has 3 heteroatoms. The van der Waals surface area contributed by atoms with Gasteiger partial charge in [-0.25, -0.2) is 9.97 Å². The summed E-state index contributed by atoms with van der Waals surface area (Å²) in [4.78, 5) is 14.6. The number of fused-ring (bicyclic) bond motifs is 6. The van der Waals surface area contributed by atoms with E-state index < -0.39 is 0 Å². The van der Waals surface area contributed by atoms with Crippen molar-refractivity contribution in [3.05, 3.63) is 163 Å². The molecule has 9 rings (SSSR count). The standard InChI is InChI=1S/C44H31N3/c1-44(2)39-16-7-6-13-35(39)38-24-31-21-22-34-33(37(31)25-40(38)44)14-8-15-36(34)42-26-41(46-43(47-42)30-10-4-3-5-11-30)29-19-17-28(18-20-29)32-12-9-23-45-27-32/h3-27H,1-2H3. The van der Waals surface area contributed by atoms with Crippen LogP contribution >= 0.6 is 0 Å². The Morgan fingerprint density at radius 1 is 0.447 bits per heavy atom. The first kappa shape index (κ1) is 27.4. The molecule has 0 saturated carbocycles. The van der Waals surface area contributed by atoms with E-state index in [4.69, 9.17) is 9.97 Å². The summed E-state index contributed by atoms with van der Waals surface area (Å²) in [6.07, 6.45) is 3.69. The Morgan fingerprint density at radius 2 is 1.19 bits per heavy atom.